The zero-order valence-corrected chi connectivity index (χ0v) is 15.8. The van der Waals surface area contributed by atoms with E-state index < -0.39 is 0 Å². The number of rotatable bonds is 5. The van der Waals surface area contributed by atoms with Crippen LogP contribution in [-0.2, 0) is 0 Å². The quantitative estimate of drug-likeness (QED) is 0.528. The van der Waals surface area contributed by atoms with Crippen molar-refractivity contribution in [1.82, 2.24) is 5.43 Å². The molecular weight excluding hydrogens is 364 g/mol. The van der Waals surface area contributed by atoms with Gasteiger partial charge in [-0.1, -0.05) is 12.1 Å². The number of furan rings is 1. The van der Waals surface area contributed by atoms with E-state index in [1.165, 1.54) is 19.1 Å². The van der Waals surface area contributed by atoms with Gasteiger partial charge in [0, 0.05) is 29.9 Å². The first kappa shape index (κ1) is 18.5. The average Bonchev–Trinajstić information content (AvgIpc) is 3.46. The lowest BCUT2D eigenvalue weighted by Gasteiger charge is -2.17. The predicted molar refractivity (Wildman–Crippen MR) is 112 cm³/mol. The van der Waals surface area contributed by atoms with Gasteiger partial charge in [-0.3, -0.25) is 4.79 Å². The number of hydrogen-bond donors (Lipinski definition) is 1. The fraction of sp³-hybridized carbons (Fsp3) is 0.174. The van der Waals surface area contributed by atoms with E-state index in [1.807, 2.05) is 36.4 Å². The van der Waals surface area contributed by atoms with E-state index in [4.69, 9.17) is 4.42 Å². The SMILES string of the molecule is N#Cc1ccccc1-c1ccc(/C=N\NC(=O)c2ccc(N3CCCC3)cc2)o1. The summed E-state index contributed by atoms with van der Waals surface area (Å²) in [5, 5.41) is 13.2. The highest BCUT2D eigenvalue weighted by molar-refractivity contribution is 5.95. The Morgan fingerprint density at radius 1 is 1.07 bits per heavy atom. The average molecular weight is 384 g/mol. The number of carbonyl (C=O) groups excluding carboxylic acids is 1. The number of benzene rings is 2. The number of nitriles is 1. The van der Waals surface area contributed by atoms with Crippen molar-refractivity contribution in [3.8, 4) is 17.4 Å². The van der Waals surface area contributed by atoms with Gasteiger partial charge in [0.15, 0.2) is 0 Å². The van der Waals surface area contributed by atoms with Gasteiger partial charge in [-0.05, 0) is 61.4 Å². The summed E-state index contributed by atoms with van der Waals surface area (Å²) in [6, 6.07) is 20.4. The Labute approximate surface area is 169 Å². The molecule has 0 radical (unpaired) electrons. The maximum Gasteiger partial charge on any atom is 0.271 e. The summed E-state index contributed by atoms with van der Waals surface area (Å²) < 4.78 is 5.72. The Hall–Kier alpha value is -3.85. The van der Waals surface area contributed by atoms with Crippen LogP contribution in [0.5, 0.6) is 0 Å². The number of nitrogens with zero attached hydrogens (tertiary/aromatic N) is 3. The maximum atomic E-state index is 12.3. The van der Waals surface area contributed by atoms with Gasteiger partial charge in [-0.2, -0.15) is 10.4 Å². The topological polar surface area (TPSA) is 81.6 Å². The van der Waals surface area contributed by atoms with Crippen LogP contribution in [0, 0.1) is 11.3 Å². The molecule has 6 nitrogen and oxygen atoms in total. The van der Waals surface area contributed by atoms with Crippen LogP contribution >= 0.6 is 0 Å². The summed E-state index contributed by atoms with van der Waals surface area (Å²) >= 11 is 0. The van der Waals surface area contributed by atoms with E-state index in [9.17, 15) is 10.1 Å². The van der Waals surface area contributed by atoms with Gasteiger partial charge in [0.05, 0.1) is 17.8 Å². The number of hydrazone groups is 1. The summed E-state index contributed by atoms with van der Waals surface area (Å²) in [5.74, 6) is 0.778. The molecule has 6 heteroatoms. The first-order valence-corrected chi connectivity index (χ1v) is 9.52. The lowest BCUT2D eigenvalue weighted by atomic mass is 10.1. The summed E-state index contributed by atoms with van der Waals surface area (Å²) in [7, 11) is 0. The third kappa shape index (κ3) is 4.19. The standard InChI is InChI=1S/C23H20N4O2/c24-15-18-5-1-2-6-21(18)22-12-11-20(29-22)16-25-26-23(28)17-7-9-19(10-8-17)27-13-3-4-14-27/h1-2,5-12,16H,3-4,13-14H2,(H,26,28)/b25-16-. The van der Waals surface area contributed by atoms with Crippen LogP contribution in [0.2, 0.25) is 0 Å². The van der Waals surface area contributed by atoms with Crippen LogP contribution in [0.3, 0.4) is 0 Å². The second kappa shape index (κ2) is 8.44. The monoisotopic (exact) mass is 384 g/mol. The van der Waals surface area contributed by atoms with Crippen molar-refractivity contribution in [3.05, 3.63) is 77.6 Å². The van der Waals surface area contributed by atoms with Gasteiger partial charge in [0.2, 0.25) is 0 Å². The van der Waals surface area contributed by atoms with Crippen molar-refractivity contribution in [3.63, 3.8) is 0 Å². The minimum Gasteiger partial charge on any atom is -0.455 e. The van der Waals surface area contributed by atoms with Crippen LogP contribution in [0.25, 0.3) is 11.3 Å². The lowest BCUT2D eigenvalue weighted by molar-refractivity contribution is 0.0955. The molecule has 1 aromatic heterocycles. The normalized spacial score (nSPS) is 13.6. The van der Waals surface area contributed by atoms with Gasteiger partial charge in [0.1, 0.15) is 11.5 Å². The minimum absolute atomic E-state index is 0.282. The molecule has 0 spiro atoms. The molecule has 1 aliphatic heterocycles. The minimum atomic E-state index is -0.282. The van der Waals surface area contributed by atoms with E-state index in [1.54, 1.807) is 24.3 Å². The molecule has 1 N–H and O–H groups in total. The van der Waals surface area contributed by atoms with Crippen molar-refractivity contribution in [2.24, 2.45) is 5.10 Å². The highest BCUT2D eigenvalue weighted by atomic mass is 16.3. The van der Waals surface area contributed by atoms with Crippen molar-refractivity contribution >= 4 is 17.8 Å². The maximum absolute atomic E-state index is 12.3. The molecule has 3 aromatic rings. The van der Waals surface area contributed by atoms with Gasteiger partial charge in [-0.15, -0.1) is 0 Å². The third-order valence-corrected chi connectivity index (χ3v) is 4.90. The number of amides is 1. The number of hydrogen-bond acceptors (Lipinski definition) is 5. The molecular formula is C23H20N4O2. The van der Waals surface area contributed by atoms with E-state index in [0.29, 0.717) is 22.6 Å². The summed E-state index contributed by atoms with van der Waals surface area (Å²) in [4.78, 5) is 14.6. The van der Waals surface area contributed by atoms with Crippen molar-refractivity contribution in [2.75, 3.05) is 18.0 Å². The van der Waals surface area contributed by atoms with E-state index in [2.05, 4.69) is 21.5 Å². The van der Waals surface area contributed by atoms with Crippen LogP contribution in [0.1, 0.15) is 34.5 Å². The smallest absolute Gasteiger partial charge is 0.271 e. The second-order valence-corrected chi connectivity index (χ2v) is 6.80. The molecule has 1 aliphatic rings. The first-order chi connectivity index (χ1) is 14.2. The largest absolute Gasteiger partial charge is 0.455 e. The van der Waals surface area contributed by atoms with Gasteiger partial charge in [-0.25, -0.2) is 5.43 Å². The molecule has 29 heavy (non-hydrogen) atoms. The molecule has 4 rings (SSSR count). The highest BCUT2D eigenvalue weighted by Gasteiger charge is 2.13. The molecule has 144 valence electrons. The van der Waals surface area contributed by atoms with E-state index in [-0.39, 0.29) is 5.91 Å². The number of anilines is 1. The molecule has 0 unspecified atom stereocenters. The Morgan fingerprint density at radius 2 is 1.83 bits per heavy atom. The molecule has 0 saturated carbocycles. The molecule has 1 amide bonds. The Kier molecular flexibility index (Phi) is 5.39. The molecule has 0 bridgehead atoms. The highest BCUT2D eigenvalue weighted by Crippen LogP contribution is 2.25. The predicted octanol–water partition coefficient (Wildman–Crippen LogP) is 4.18. The van der Waals surface area contributed by atoms with Gasteiger partial charge in [0.25, 0.3) is 5.91 Å². The molecule has 2 aromatic carbocycles. The number of nitrogens with one attached hydrogen (secondary N) is 1. The summed E-state index contributed by atoms with van der Waals surface area (Å²) in [6.07, 6.45) is 3.87. The van der Waals surface area contributed by atoms with Gasteiger partial charge >= 0.3 is 0 Å². The van der Waals surface area contributed by atoms with Gasteiger partial charge < -0.3 is 9.32 Å². The Balaban J connectivity index is 1.38. The summed E-state index contributed by atoms with van der Waals surface area (Å²) in [6.45, 7) is 2.14. The van der Waals surface area contributed by atoms with Crippen molar-refractivity contribution < 1.29 is 9.21 Å². The van der Waals surface area contributed by atoms with Crippen LogP contribution < -0.4 is 10.3 Å². The van der Waals surface area contributed by atoms with Crippen LogP contribution in [0.15, 0.2) is 70.2 Å². The van der Waals surface area contributed by atoms with E-state index >= 15 is 0 Å². The summed E-state index contributed by atoms with van der Waals surface area (Å²) in [5.41, 5.74) is 5.46. The third-order valence-electron chi connectivity index (χ3n) is 4.90. The molecule has 0 aliphatic carbocycles. The van der Waals surface area contributed by atoms with Crippen LogP contribution in [-0.4, -0.2) is 25.2 Å². The zero-order chi connectivity index (χ0) is 20.1. The fourth-order valence-corrected chi connectivity index (χ4v) is 3.38. The number of carbonyl (C=O) groups is 1. The molecule has 0 atom stereocenters. The molecule has 1 fully saturated rings. The molecule has 2 heterocycles. The zero-order valence-electron chi connectivity index (χ0n) is 15.8. The lowest BCUT2D eigenvalue weighted by Crippen LogP contribution is -2.19. The second-order valence-electron chi connectivity index (χ2n) is 6.80. The fourth-order valence-electron chi connectivity index (χ4n) is 3.38. The Bertz CT molecular complexity index is 1070. The first-order valence-electron chi connectivity index (χ1n) is 9.52. The molecule has 1 saturated heterocycles. The Morgan fingerprint density at radius 3 is 2.59 bits per heavy atom. The van der Waals surface area contributed by atoms with E-state index in [0.717, 1.165) is 24.3 Å². The van der Waals surface area contributed by atoms with Crippen molar-refractivity contribution in [1.29, 1.82) is 5.26 Å². The van der Waals surface area contributed by atoms with Crippen LogP contribution in [0.4, 0.5) is 5.69 Å². The van der Waals surface area contributed by atoms with Crippen molar-refractivity contribution in [2.45, 2.75) is 12.8 Å².